The predicted octanol–water partition coefficient (Wildman–Crippen LogP) is 4.47. The number of nitrogens with one attached hydrogen (secondary N) is 2. The molecule has 1 atom stereocenters. The maximum Gasteiger partial charge on any atom is 0.407 e. The van der Waals surface area contributed by atoms with E-state index in [1.807, 2.05) is 43.3 Å². The van der Waals surface area contributed by atoms with E-state index in [9.17, 15) is 14.4 Å². The van der Waals surface area contributed by atoms with Gasteiger partial charge in [-0.2, -0.15) is 0 Å². The van der Waals surface area contributed by atoms with Crippen molar-refractivity contribution >= 4 is 29.3 Å². The lowest BCUT2D eigenvalue weighted by Crippen LogP contribution is -2.46. The quantitative estimate of drug-likeness (QED) is 0.405. The summed E-state index contributed by atoms with van der Waals surface area (Å²) >= 11 is 1.22. The van der Waals surface area contributed by atoms with Crippen molar-refractivity contribution in [3.63, 3.8) is 0 Å². The van der Waals surface area contributed by atoms with Crippen LogP contribution in [0.4, 0.5) is 4.79 Å². The van der Waals surface area contributed by atoms with E-state index < -0.39 is 18.1 Å². The smallest absolute Gasteiger partial charge is 0.407 e. The molecule has 1 aromatic heterocycles. The molecule has 1 unspecified atom stereocenters. The monoisotopic (exact) mass is 493 g/mol. The van der Waals surface area contributed by atoms with Gasteiger partial charge in [0.05, 0.1) is 6.54 Å². The summed E-state index contributed by atoms with van der Waals surface area (Å²) in [7, 11) is 0. The fraction of sp³-hybridized carbons (Fsp3) is 0.308. The fourth-order valence-electron chi connectivity index (χ4n) is 4.35. The molecule has 1 aliphatic carbocycles. The molecule has 3 aromatic rings. The minimum atomic E-state index is -1.10. The van der Waals surface area contributed by atoms with Crippen LogP contribution in [-0.4, -0.2) is 40.7 Å². The van der Waals surface area contributed by atoms with Crippen molar-refractivity contribution in [3.05, 3.63) is 75.2 Å². The van der Waals surface area contributed by atoms with Gasteiger partial charge in [0.25, 0.3) is 0 Å². The molecule has 0 spiro atoms. The summed E-state index contributed by atoms with van der Waals surface area (Å²) in [5.74, 6) is -1.54. The third-order valence-electron chi connectivity index (χ3n) is 5.99. The lowest BCUT2D eigenvalue weighted by molar-refractivity contribution is -0.123. The first-order valence-corrected chi connectivity index (χ1v) is 12.3. The Bertz CT molecular complexity index is 1210. The molecule has 8 nitrogen and oxygen atoms in total. The van der Waals surface area contributed by atoms with Crippen LogP contribution < -0.4 is 10.6 Å². The minimum Gasteiger partial charge on any atom is -0.476 e. The van der Waals surface area contributed by atoms with Gasteiger partial charge in [-0.15, -0.1) is 11.3 Å². The zero-order valence-electron chi connectivity index (χ0n) is 19.5. The third-order valence-corrected chi connectivity index (χ3v) is 6.96. The van der Waals surface area contributed by atoms with Crippen molar-refractivity contribution in [3.8, 4) is 11.1 Å². The normalized spacial score (nSPS) is 13.0. The number of hydrogen-bond acceptors (Lipinski definition) is 6. The molecule has 182 valence electrons. The SMILES string of the molecule is CCCC(NC(=O)OCC1c2ccccc2-c2ccccc21)C(=O)NCc1nc(C(=O)O)c(C)s1. The summed E-state index contributed by atoms with van der Waals surface area (Å²) in [5, 5.41) is 15.1. The van der Waals surface area contributed by atoms with Crippen LogP contribution in [0.15, 0.2) is 48.5 Å². The number of benzene rings is 2. The Morgan fingerprint density at radius 3 is 2.29 bits per heavy atom. The highest BCUT2D eigenvalue weighted by molar-refractivity contribution is 7.11. The van der Waals surface area contributed by atoms with Crippen molar-refractivity contribution in [2.75, 3.05) is 6.61 Å². The van der Waals surface area contributed by atoms with Gasteiger partial charge in [0.2, 0.25) is 5.91 Å². The maximum absolute atomic E-state index is 12.7. The molecule has 0 bridgehead atoms. The van der Waals surface area contributed by atoms with Crippen molar-refractivity contribution in [2.24, 2.45) is 0 Å². The Kier molecular flexibility index (Phi) is 7.45. The number of fused-ring (bicyclic) bond motifs is 3. The van der Waals surface area contributed by atoms with Crippen LogP contribution in [0.3, 0.4) is 0 Å². The van der Waals surface area contributed by atoms with Crippen molar-refractivity contribution in [1.29, 1.82) is 0 Å². The van der Waals surface area contributed by atoms with Crippen LogP contribution in [0.1, 0.15) is 57.2 Å². The number of alkyl carbamates (subject to hydrolysis) is 1. The lowest BCUT2D eigenvalue weighted by Gasteiger charge is -2.19. The van der Waals surface area contributed by atoms with E-state index >= 15 is 0 Å². The van der Waals surface area contributed by atoms with Gasteiger partial charge in [-0.3, -0.25) is 4.79 Å². The van der Waals surface area contributed by atoms with Gasteiger partial charge in [-0.25, -0.2) is 14.6 Å². The first-order valence-electron chi connectivity index (χ1n) is 11.5. The fourth-order valence-corrected chi connectivity index (χ4v) is 5.22. The molecule has 3 N–H and O–H groups in total. The molecule has 1 aliphatic rings. The van der Waals surface area contributed by atoms with Crippen LogP contribution in [0.2, 0.25) is 0 Å². The molecule has 2 amide bonds. The van der Waals surface area contributed by atoms with E-state index in [0.29, 0.717) is 22.7 Å². The van der Waals surface area contributed by atoms with Gasteiger partial charge >= 0.3 is 12.1 Å². The van der Waals surface area contributed by atoms with E-state index in [2.05, 4.69) is 27.8 Å². The molecule has 9 heteroatoms. The zero-order valence-corrected chi connectivity index (χ0v) is 20.4. The number of carbonyl (C=O) groups is 3. The highest BCUT2D eigenvalue weighted by Crippen LogP contribution is 2.44. The number of aromatic nitrogens is 1. The Hall–Kier alpha value is -3.72. The van der Waals surface area contributed by atoms with Crippen molar-refractivity contribution in [1.82, 2.24) is 15.6 Å². The first kappa shape index (κ1) is 24.4. The predicted molar refractivity (Wildman–Crippen MR) is 133 cm³/mol. The second kappa shape index (κ2) is 10.7. The van der Waals surface area contributed by atoms with E-state index in [4.69, 9.17) is 9.84 Å². The molecule has 0 saturated heterocycles. The number of carboxylic acid groups (broad SMARTS) is 1. The molecule has 0 saturated carbocycles. The Morgan fingerprint density at radius 1 is 1.09 bits per heavy atom. The number of amides is 2. The van der Waals surface area contributed by atoms with Crippen LogP contribution in [0.25, 0.3) is 11.1 Å². The molecular formula is C26H27N3O5S. The summed E-state index contributed by atoms with van der Waals surface area (Å²) in [5.41, 5.74) is 4.50. The van der Waals surface area contributed by atoms with Crippen molar-refractivity contribution in [2.45, 2.75) is 45.2 Å². The number of aryl methyl sites for hydroxylation is 1. The average molecular weight is 494 g/mol. The summed E-state index contributed by atoms with van der Waals surface area (Å²) in [4.78, 5) is 41.2. The van der Waals surface area contributed by atoms with Gasteiger partial charge in [0.1, 0.15) is 17.7 Å². The van der Waals surface area contributed by atoms with E-state index in [0.717, 1.165) is 22.3 Å². The van der Waals surface area contributed by atoms with Gasteiger partial charge < -0.3 is 20.5 Å². The molecule has 2 aromatic carbocycles. The molecule has 0 radical (unpaired) electrons. The van der Waals surface area contributed by atoms with Crippen LogP contribution in [-0.2, 0) is 16.1 Å². The second-order valence-corrected chi connectivity index (χ2v) is 9.63. The summed E-state index contributed by atoms with van der Waals surface area (Å²) in [6, 6.07) is 15.4. The standard InChI is InChI=1S/C26H27N3O5S/c1-3-8-21(24(30)27-13-22-29-23(25(31)32)15(2)35-22)28-26(33)34-14-20-18-11-6-4-9-16(18)17-10-5-7-12-19(17)20/h4-7,9-12,20-21H,3,8,13-14H2,1-2H3,(H,27,30)(H,28,33)(H,31,32). The van der Waals surface area contributed by atoms with Crippen LogP contribution in [0.5, 0.6) is 0 Å². The number of nitrogens with zero attached hydrogens (tertiary/aromatic N) is 1. The van der Waals surface area contributed by atoms with Gasteiger partial charge in [0.15, 0.2) is 5.69 Å². The van der Waals surface area contributed by atoms with Crippen molar-refractivity contribution < 1.29 is 24.2 Å². The maximum atomic E-state index is 12.7. The van der Waals surface area contributed by atoms with E-state index in [1.54, 1.807) is 6.92 Å². The summed E-state index contributed by atoms with van der Waals surface area (Å²) < 4.78 is 5.57. The number of aromatic carboxylic acids is 1. The van der Waals surface area contributed by atoms with Crippen LogP contribution >= 0.6 is 11.3 Å². The Labute approximate surface area is 207 Å². The van der Waals surface area contributed by atoms with E-state index in [1.165, 1.54) is 11.3 Å². The molecule has 35 heavy (non-hydrogen) atoms. The highest BCUT2D eigenvalue weighted by Gasteiger charge is 2.29. The Balaban J connectivity index is 1.35. The topological polar surface area (TPSA) is 118 Å². The van der Waals surface area contributed by atoms with Gasteiger partial charge in [0, 0.05) is 10.8 Å². The highest BCUT2D eigenvalue weighted by atomic mass is 32.1. The summed E-state index contributed by atoms with van der Waals surface area (Å²) in [6.45, 7) is 3.84. The lowest BCUT2D eigenvalue weighted by atomic mass is 9.98. The summed E-state index contributed by atoms with van der Waals surface area (Å²) in [6.07, 6.45) is 0.466. The second-order valence-electron chi connectivity index (χ2n) is 8.35. The molecule has 0 fully saturated rings. The number of thiazole rings is 1. The molecular weight excluding hydrogens is 466 g/mol. The number of hydrogen-bond donors (Lipinski definition) is 3. The average Bonchev–Trinajstić information content (AvgIpc) is 3.38. The van der Waals surface area contributed by atoms with Gasteiger partial charge in [-0.1, -0.05) is 61.9 Å². The zero-order chi connectivity index (χ0) is 24.9. The minimum absolute atomic E-state index is 0.0129. The largest absolute Gasteiger partial charge is 0.476 e. The number of rotatable bonds is 9. The molecule has 1 heterocycles. The van der Waals surface area contributed by atoms with E-state index in [-0.39, 0.29) is 30.7 Å². The Morgan fingerprint density at radius 2 is 1.71 bits per heavy atom. The van der Waals surface area contributed by atoms with Gasteiger partial charge in [-0.05, 0) is 35.6 Å². The number of carboxylic acids is 1. The van der Waals surface area contributed by atoms with Crippen LogP contribution in [0, 0.1) is 6.92 Å². The number of carbonyl (C=O) groups excluding carboxylic acids is 2. The molecule has 0 aliphatic heterocycles. The third kappa shape index (κ3) is 5.35. The number of ether oxygens (including phenoxy) is 1. The first-order chi connectivity index (χ1) is 16.9. The molecule has 4 rings (SSSR count).